The second kappa shape index (κ2) is 7.90. The summed E-state index contributed by atoms with van der Waals surface area (Å²) in [6.07, 6.45) is -3.58. The molecule has 0 aliphatic rings. The minimum absolute atomic E-state index is 0.148. The number of carbonyl (C=O) groups is 2. The molecule has 26 heavy (non-hydrogen) atoms. The molecule has 0 fully saturated rings. The van der Waals surface area contributed by atoms with E-state index in [-0.39, 0.29) is 29.0 Å². The van der Waals surface area contributed by atoms with E-state index in [2.05, 4.69) is 15.0 Å². The van der Waals surface area contributed by atoms with Gasteiger partial charge in [0.15, 0.2) is 10.9 Å². The maximum Gasteiger partial charge on any atom is 0.433 e. The number of alkyl halides is 3. The van der Waals surface area contributed by atoms with E-state index in [1.54, 1.807) is 20.8 Å². The van der Waals surface area contributed by atoms with Gasteiger partial charge >= 0.3 is 12.1 Å². The molecule has 0 amide bonds. The highest BCUT2D eigenvalue weighted by molar-refractivity contribution is 7.99. The number of aromatic amines is 1. The predicted octanol–water partition coefficient (Wildman–Crippen LogP) is 3.59. The molecule has 10 heteroatoms. The lowest BCUT2D eigenvalue weighted by Crippen LogP contribution is -2.10. The van der Waals surface area contributed by atoms with Crippen LogP contribution in [0, 0.1) is 13.8 Å². The van der Waals surface area contributed by atoms with Gasteiger partial charge in [0.2, 0.25) is 0 Å². The minimum atomic E-state index is -4.58. The van der Waals surface area contributed by atoms with Crippen LogP contribution >= 0.6 is 11.8 Å². The first-order valence-electron chi connectivity index (χ1n) is 7.57. The third kappa shape index (κ3) is 4.43. The highest BCUT2D eigenvalue weighted by atomic mass is 32.2. The van der Waals surface area contributed by atoms with Gasteiger partial charge in [-0.05, 0) is 32.4 Å². The van der Waals surface area contributed by atoms with Gasteiger partial charge in [0.05, 0.1) is 12.4 Å². The average molecular weight is 387 g/mol. The molecule has 0 aliphatic carbocycles. The van der Waals surface area contributed by atoms with Crippen molar-refractivity contribution in [2.45, 2.75) is 32.1 Å². The number of hydrogen-bond acceptors (Lipinski definition) is 6. The number of nitrogens with one attached hydrogen (secondary N) is 1. The average Bonchev–Trinajstić information content (AvgIpc) is 2.87. The number of nitrogens with zero attached hydrogens (tertiary/aromatic N) is 2. The Morgan fingerprint density at radius 2 is 2.00 bits per heavy atom. The van der Waals surface area contributed by atoms with Gasteiger partial charge in [-0.1, -0.05) is 11.8 Å². The molecular weight excluding hydrogens is 371 g/mol. The zero-order valence-electron chi connectivity index (χ0n) is 14.2. The number of aromatic nitrogens is 3. The maximum atomic E-state index is 12.7. The van der Waals surface area contributed by atoms with Crippen molar-refractivity contribution in [1.29, 1.82) is 0 Å². The van der Waals surface area contributed by atoms with Crippen LogP contribution in [0.15, 0.2) is 17.4 Å². The van der Waals surface area contributed by atoms with Crippen molar-refractivity contribution in [2.24, 2.45) is 0 Å². The number of rotatable bonds is 6. The summed E-state index contributed by atoms with van der Waals surface area (Å²) in [5, 5.41) is -0.148. The van der Waals surface area contributed by atoms with Crippen molar-refractivity contribution < 1.29 is 27.5 Å². The van der Waals surface area contributed by atoms with E-state index in [9.17, 15) is 22.8 Å². The number of halogens is 3. The van der Waals surface area contributed by atoms with Gasteiger partial charge in [-0.3, -0.25) is 4.79 Å². The van der Waals surface area contributed by atoms with E-state index in [1.165, 1.54) is 0 Å². The van der Waals surface area contributed by atoms with Crippen LogP contribution in [-0.2, 0) is 10.9 Å². The summed E-state index contributed by atoms with van der Waals surface area (Å²) >= 11 is 0.797. The Bertz CT molecular complexity index is 834. The van der Waals surface area contributed by atoms with Crippen LogP contribution in [0.4, 0.5) is 13.2 Å². The molecule has 0 aromatic carbocycles. The predicted molar refractivity (Wildman–Crippen MR) is 88.3 cm³/mol. The molecule has 2 aromatic heterocycles. The Labute approximate surface area is 151 Å². The summed E-state index contributed by atoms with van der Waals surface area (Å²) in [7, 11) is 0. The van der Waals surface area contributed by atoms with Gasteiger partial charge in [-0.15, -0.1) is 0 Å². The van der Waals surface area contributed by atoms with Crippen LogP contribution in [0.3, 0.4) is 0 Å². The molecule has 6 nitrogen and oxygen atoms in total. The Morgan fingerprint density at radius 1 is 1.31 bits per heavy atom. The summed E-state index contributed by atoms with van der Waals surface area (Å²) < 4.78 is 42.9. The maximum absolute atomic E-state index is 12.7. The van der Waals surface area contributed by atoms with E-state index < -0.39 is 17.8 Å². The van der Waals surface area contributed by atoms with Crippen LogP contribution in [-0.4, -0.2) is 39.1 Å². The number of esters is 1. The van der Waals surface area contributed by atoms with Gasteiger partial charge in [0.25, 0.3) is 0 Å². The molecule has 0 radical (unpaired) electrons. The Morgan fingerprint density at radius 3 is 2.62 bits per heavy atom. The highest BCUT2D eigenvalue weighted by Gasteiger charge is 2.33. The van der Waals surface area contributed by atoms with E-state index in [4.69, 9.17) is 4.74 Å². The first-order valence-corrected chi connectivity index (χ1v) is 8.56. The Kier molecular flexibility index (Phi) is 6.06. The standard InChI is InChI=1S/C16H16F3N3O3S/c1-4-25-14(24)13-8(2)12(9(3)21-13)10(23)7-26-15-20-6-5-11(22-15)16(17,18)19/h5-6,21H,4,7H2,1-3H3. The molecule has 0 bridgehead atoms. The van der Waals surface area contributed by atoms with Gasteiger partial charge in [-0.2, -0.15) is 13.2 Å². The van der Waals surface area contributed by atoms with E-state index in [0.29, 0.717) is 16.8 Å². The van der Waals surface area contributed by atoms with Gasteiger partial charge < -0.3 is 9.72 Å². The number of carbonyl (C=O) groups excluding carboxylic acids is 2. The van der Waals surface area contributed by atoms with Crippen LogP contribution in [0.5, 0.6) is 0 Å². The Balaban J connectivity index is 2.15. The second-order valence-corrected chi connectivity index (χ2v) is 6.22. The lowest BCUT2D eigenvalue weighted by Gasteiger charge is -2.06. The van der Waals surface area contributed by atoms with E-state index in [1.807, 2.05) is 0 Å². The van der Waals surface area contributed by atoms with Crippen molar-refractivity contribution in [1.82, 2.24) is 15.0 Å². The van der Waals surface area contributed by atoms with Crippen LogP contribution < -0.4 is 0 Å². The molecule has 2 heterocycles. The zero-order valence-corrected chi connectivity index (χ0v) is 15.0. The van der Waals surface area contributed by atoms with Crippen LogP contribution in [0.1, 0.15) is 44.7 Å². The molecule has 0 saturated carbocycles. The Hall–Kier alpha value is -2.36. The smallest absolute Gasteiger partial charge is 0.433 e. The fourth-order valence-corrected chi connectivity index (χ4v) is 3.05. The fourth-order valence-electron chi connectivity index (χ4n) is 2.35. The van der Waals surface area contributed by atoms with Crippen molar-refractivity contribution in [3.63, 3.8) is 0 Å². The minimum Gasteiger partial charge on any atom is -0.461 e. The normalized spacial score (nSPS) is 11.5. The number of thioether (sulfide) groups is 1. The van der Waals surface area contributed by atoms with Crippen LogP contribution in [0.25, 0.3) is 0 Å². The molecule has 0 aliphatic heterocycles. The van der Waals surface area contributed by atoms with Gasteiger partial charge in [0, 0.05) is 17.5 Å². The first-order chi connectivity index (χ1) is 12.1. The summed E-state index contributed by atoms with van der Waals surface area (Å²) in [6, 6.07) is 0.762. The lowest BCUT2D eigenvalue weighted by atomic mass is 10.1. The number of aryl methyl sites for hydroxylation is 1. The SMILES string of the molecule is CCOC(=O)c1[nH]c(C)c(C(=O)CSc2nccc(C(F)(F)F)n2)c1C. The topological polar surface area (TPSA) is 84.9 Å². The van der Waals surface area contributed by atoms with Crippen molar-refractivity contribution in [3.8, 4) is 0 Å². The molecule has 140 valence electrons. The van der Waals surface area contributed by atoms with Gasteiger partial charge in [-0.25, -0.2) is 14.8 Å². The summed E-state index contributed by atoms with van der Waals surface area (Å²) in [4.78, 5) is 34.3. The van der Waals surface area contributed by atoms with E-state index in [0.717, 1.165) is 24.0 Å². The zero-order chi connectivity index (χ0) is 19.5. The molecule has 2 aromatic rings. The number of Topliss-reactive ketones (excluding diaryl/α,β-unsaturated/α-hetero) is 1. The monoisotopic (exact) mass is 387 g/mol. The summed E-state index contributed by atoms with van der Waals surface area (Å²) in [5.41, 5.74) is 0.360. The second-order valence-electron chi connectivity index (χ2n) is 5.28. The molecule has 2 rings (SSSR count). The quantitative estimate of drug-likeness (QED) is 0.353. The molecule has 1 N–H and O–H groups in total. The number of hydrogen-bond donors (Lipinski definition) is 1. The highest BCUT2D eigenvalue weighted by Crippen LogP contribution is 2.29. The molecule has 0 saturated heterocycles. The van der Waals surface area contributed by atoms with Crippen LogP contribution in [0.2, 0.25) is 0 Å². The fraction of sp³-hybridized carbons (Fsp3) is 0.375. The van der Waals surface area contributed by atoms with Crippen molar-refractivity contribution >= 4 is 23.5 Å². The number of H-pyrrole nitrogens is 1. The number of ketones is 1. The van der Waals surface area contributed by atoms with Gasteiger partial charge in [0.1, 0.15) is 11.4 Å². The lowest BCUT2D eigenvalue weighted by molar-refractivity contribution is -0.141. The first kappa shape index (κ1) is 20.0. The van der Waals surface area contributed by atoms with E-state index >= 15 is 0 Å². The largest absolute Gasteiger partial charge is 0.461 e. The molecule has 0 unspecified atom stereocenters. The van der Waals surface area contributed by atoms with Crippen molar-refractivity contribution in [2.75, 3.05) is 12.4 Å². The summed E-state index contributed by atoms with van der Waals surface area (Å²) in [5.74, 6) is -1.08. The molecule has 0 spiro atoms. The molecule has 0 atom stereocenters. The molecular formula is C16H16F3N3O3S. The summed E-state index contributed by atoms with van der Waals surface area (Å²) in [6.45, 7) is 5.10. The van der Waals surface area contributed by atoms with Crippen molar-refractivity contribution in [3.05, 3.63) is 40.5 Å². The third-order valence-electron chi connectivity index (χ3n) is 3.45. The third-order valence-corrected chi connectivity index (χ3v) is 4.31. The number of ether oxygens (including phenoxy) is 1.